The van der Waals surface area contributed by atoms with E-state index in [0.717, 1.165) is 6.42 Å². The molecule has 0 atom stereocenters. The highest BCUT2D eigenvalue weighted by atomic mass is 19.1. The van der Waals surface area contributed by atoms with Crippen LogP contribution in [0, 0.1) is 0 Å². The van der Waals surface area contributed by atoms with Crippen LogP contribution in [0.2, 0.25) is 0 Å². The lowest BCUT2D eigenvalue weighted by atomic mass is 10.2. The lowest BCUT2D eigenvalue weighted by Gasteiger charge is -2.04. The molecule has 76 valence electrons. The van der Waals surface area contributed by atoms with E-state index in [1.807, 2.05) is 24.3 Å². The fraction of sp³-hybridized carbons (Fsp3) is 0.364. The van der Waals surface area contributed by atoms with Gasteiger partial charge in [0.25, 0.3) is 0 Å². The van der Waals surface area contributed by atoms with Crippen LogP contribution in [0.25, 0.3) is 0 Å². The summed E-state index contributed by atoms with van der Waals surface area (Å²) in [6.07, 6.45) is 0.790. The summed E-state index contributed by atoms with van der Waals surface area (Å²) in [6, 6.07) is 6.21. The molecule has 0 amide bonds. The number of halogens is 1. The molecule has 0 unspecified atom stereocenters. The number of benzene rings is 1. The van der Waals surface area contributed by atoms with Crippen LogP contribution in [0.1, 0.15) is 18.9 Å². The number of rotatable bonds is 5. The number of carbonyl (C=O) groups is 1. The van der Waals surface area contributed by atoms with Crippen molar-refractivity contribution in [2.45, 2.75) is 19.8 Å². The third-order valence-corrected chi connectivity index (χ3v) is 1.90. The van der Waals surface area contributed by atoms with E-state index in [-0.39, 0.29) is 13.0 Å². The minimum Gasteiger partial charge on any atom is -0.493 e. The molecular weight excluding hydrogens is 183 g/mol. The second-order valence-electron chi connectivity index (χ2n) is 2.95. The second-order valence-corrected chi connectivity index (χ2v) is 2.95. The first-order chi connectivity index (χ1) is 6.72. The van der Waals surface area contributed by atoms with Crippen LogP contribution >= 0.6 is 0 Å². The summed E-state index contributed by atoms with van der Waals surface area (Å²) in [4.78, 5) is 9.99. The molecule has 1 rings (SSSR count). The van der Waals surface area contributed by atoms with Gasteiger partial charge in [-0.3, -0.25) is 4.79 Å². The van der Waals surface area contributed by atoms with Gasteiger partial charge in [0.05, 0.1) is 13.0 Å². The number of hydrogen-bond acceptors (Lipinski definition) is 2. The van der Waals surface area contributed by atoms with Crippen molar-refractivity contribution in [1.82, 2.24) is 0 Å². The van der Waals surface area contributed by atoms with Crippen LogP contribution in [0.15, 0.2) is 24.3 Å². The Hall–Kier alpha value is -1.38. The molecule has 0 bridgehead atoms. The molecule has 0 fully saturated rings. The maximum atomic E-state index is 11.8. The fourth-order valence-electron chi connectivity index (χ4n) is 1.07. The zero-order valence-electron chi connectivity index (χ0n) is 8.13. The van der Waals surface area contributed by atoms with Crippen LogP contribution in [-0.2, 0) is 11.2 Å². The molecule has 0 radical (unpaired) electrons. The first kappa shape index (κ1) is 10.7. The van der Waals surface area contributed by atoms with E-state index in [9.17, 15) is 9.18 Å². The van der Waals surface area contributed by atoms with Gasteiger partial charge in [-0.2, -0.15) is 4.39 Å². The van der Waals surface area contributed by atoms with Gasteiger partial charge < -0.3 is 4.74 Å². The summed E-state index contributed by atoms with van der Waals surface area (Å²) in [5, 5.41) is 0. The van der Waals surface area contributed by atoms with Crippen molar-refractivity contribution in [2.75, 3.05) is 6.61 Å². The topological polar surface area (TPSA) is 26.3 Å². The molecule has 0 saturated heterocycles. The molecule has 0 aliphatic carbocycles. The van der Waals surface area contributed by atoms with E-state index < -0.39 is 6.04 Å². The minimum absolute atomic E-state index is 0.0980. The first-order valence-electron chi connectivity index (χ1n) is 4.62. The summed E-state index contributed by atoms with van der Waals surface area (Å²) in [6.45, 7) is 2.17. The number of hydrogen-bond donors (Lipinski definition) is 0. The van der Waals surface area contributed by atoms with Gasteiger partial charge in [0.2, 0.25) is 0 Å². The van der Waals surface area contributed by atoms with Crippen LogP contribution in [0.3, 0.4) is 0 Å². The molecule has 3 heteroatoms. The molecule has 1 aromatic carbocycles. The van der Waals surface area contributed by atoms with Crippen LogP contribution in [0.4, 0.5) is 4.39 Å². The molecule has 0 heterocycles. The molecule has 0 aliphatic heterocycles. The second kappa shape index (κ2) is 5.37. The minimum atomic E-state index is -1.34. The molecule has 0 saturated carbocycles. The molecule has 14 heavy (non-hydrogen) atoms. The highest BCUT2D eigenvalue weighted by Gasteiger charge is 1.98. The summed E-state index contributed by atoms with van der Waals surface area (Å²) in [7, 11) is 0. The van der Waals surface area contributed by atoms with Gasteiger partial charge >= 0.3 is 6.04 Å². The van der Waals surface area contributed by atoms with E-state index in [1.54, 1.807) is 0 Å². The highest BCUT2D eigenvalue weighted by Crippen LogP contribution is 2.12. The quantitative estimate of drug-likeness (QED) is 0.676. The molecule has 0 aliphatic rings. The van der Waals surface area contributed by atoms with Gasteiger partial charge in [-0.25, -0.2) is 0 Å². The van der Waals surface area contributed by atoms with Crippen molar-refractivity contribution in [3.8, 4) is 5.75 Å². The van der Waals surface area contributed by atoms with Crippen molar-refractivity contribution < 1.29 is 13.9 Å². The highest BCUT2D eigenvalue weighted by molar-refractivity contribution is 5.67. The van der Waals surface area contributed by atoms with Crippen LogP contribution in [0.5, 0.6) is 5.75 Å². The monoisotopic (exact) mass is 196 g/mol. The Labute approximate surface area is 82.7 Å². The van der Waals surface area contributed by atoms with Gasteiger partial charge in [-0.15, -0.1) is 0 Å². The van der Waals surface area contributed by atoms with Gasteiger partial charge in [-0.05, 0) is 24.1 Å². The van der Waals surface area contributed by atoms with Gasteiger partial charge in [0.1, 0.15) is 5.75 Å². The third-order valence-electron chi connectivity index (χ3n) is 1.90. The maximum absolute atomic E-state index is 11.8. The number of aryl methyl sites for hydroxylation is 1. The molecule has 0 N–H and O–H groups in total. The van der Waals surface area contributed by atoms with Crippen molar-refractivity contribution in [1.29, 1.82) is 0 Å². The standard InChI is InChI=1S/C11H13FO2/c1-2-9-3-5-10(6-4-9)14-8-7-11(12)13/h3-6H,2,7-8H2,1H3. The molecule has 0 aromatic heterocycles. The lowest BCUT2D eigenvalue weighted by molar-refractivity contribution is -0.129. The van der Waals surface area contributed by atoms with Gasteiger partial charge in [0, 0.05) is 0 Å². The molecule has 1 aromatic rings. The molecular formula is C11H13FO2. The van der Waals surface area contributed by atoms with E-state index in [4.69, 9.17) is 4.74 Å². The van der Waals surface area contributed by atoms with Crippen LogP contribution < -0.4 is 4.74 Å². The van der Waals surface area contributed by atoms with Crippen molar-refractivity contribution in [3.05, 3.63) is 29.8 Å². The Morgan fingerprint density at radius 1 is 1.36 bits per heavy atom. The molecule has 0 spiro atoms. The summed E-state index contributed by atoms with van der Waals surface area (Å²) in [5.41, 5.74) is 1.22. The van der Waals surface area contributed by atoms with Gasteiger partial charge in [-0.1, -0.05) is 19.1 Å². The van der Waals surface area contributed by atoms with Crippen molar-refractivity contribution in [3.63, 3.8) is 0 Å². The van der Waals surface area contributed by atoms with Crippen molar-refractivity contribution >= 4 is 6.04 Å². The van der Waals surface area contributed by atoms with E-state index in [1.165, 1.54) is 5.56 Å². The fourth-order valence-corrected chi connectivity index (χ4v) is 1.07. The Morgan fingerprint density at radius 2 is 2.00 bits per heavy atom. The summed E-state index contributed by atoms with van der Waals surface area (Å²) >= 11 is 0. The van der Waals surface area contributed by atoms with E-state index >= 15 is 0 Å². The molecule has 2 nitrogen and oxygen atoms in total. The predicted octanol–water partition coefficient (Wildman–Crippen LogP) is 2.51. The third kappa shape index (κ3) is 3.56. The van der Waals surface area contributed by atoms with Crippen LogP contribution in [-0.4, -0.2) is 12.6 Å². The number of ether oxygens (including phenoxy) is 1. The largest absolute Gasteiger partial charge is 0.493 e. The SMILES string of the molecule is CCc1ccc(OCCC(=O)F)cc1. The normalized spacial score (nSPS) is 9.86. The Morgan fingerprint density at radius 3 is 2.50 bits per heavy atom. The maximum Gasteiger partial charge on any atom is 0.304 e. The number of carbonyl (C=O) groups excluding carboxylic acids is 1. The van der Waals surface area contributed by atoms with E-state index in [0.29, 0.717) is 5.75 Å². The Kier molecular flexibility index (Phi) is 4.11. The Balaban J connectivity index is 2.40. The summed E-state index contributed by atoms with van der Waals surface area (Å²) < 4.78 is 17.0. The first-order valence-corrected chi connectivity index (χ1v) is 4.62. The van der Waals surface area contributed by atoms with E-state index in [2.05, 4.69) is 6.92 Å². The zero-order chi connectivity index (χ0) is 10.4. The average Bonchev–Trinajstić information content (AvgIpc) is 2.18. The zero-order valence-corrected chi connectivity index (χ0v) is 8.13. The van der Waals surface area contributed by atoms with Gasteiger partial charge in [0.15, 0.2) is 0 Å². The average molecular weight is 196 g/mol. The lowest BCUT2D eigenvalue weighted by Crippen LogP contribution is -2.01. The Bertz CT molecular complexity index is 293. The summed E-state index contributed by atoms with van der Waals surface area (Å²) in [5.74, 6) is 0.670. The van der Waals surface area contributed by atoms with Crippen molar-refractivity contribution in [2.24, 2.45) is 0 Å². The smallest absolute Gasteiger partial charge is 0.304 e. The predicted molar refractivity (Wildman–Crippen MR) is 52.0 cm³/mol.